The van der Waals surface area contributed by atoms with Crippen LogP contribution in [0.5, 0.6) is 0 Å². The molecule has 2 unspecified atom stereocenters. The van der Waals surface area contributed by atoms with E-state index in [1.165, 1.54) is 44.2 Å². The van der Waals surface area contributed by atoms with Crippen molar-refractivity contribution in [3.05, 3.63) is 33.3 Å². The van der Waals surface area contributed by atoms with E-state index in [4.69, 9.17) is 11.6 Å². The minimum absolute atomic E-state index is 0.810. The summed E-state index contributed by atoms with van der Waals surface area (Å²) in [5.41, 5.74) is 1.31. The van der Waals surface area contributed by atoms with Crippen molar-refractivity contribution in [2.45, 2.75) is 44.6 Å². The highest BCUT2D eigenvalue weighted by Crippen LogP contribution is 2.36. The van der Waals surface area contributed by atoms with Gasteiger partial charge in [-0.3, -0.25) is 0 Å². The molecule has 1 N–H and O–H groups in total. The van der Waals surface area contributed by atoms with Crippen LogP contribution in [-0.2, 0) is 6.42 Å². The van der Waals surface area contributed by atoms with Crippen LogP contribution in [0, 0.1) is 11.8 Å². The van der Waals surface area contributed by atoms with Crippen LogP contribution in [0.2, 0.25) is 5.02 Å². The lowest BCUT2D eigenvalue weighted by Crippen LogP contribution is -2.27. The number of hydrogen-bond donors (Lipinski definition) is 1. The quantitative estimate of drug-likeness (QED) is 0.809. The van der Waals surface area contributed by atoms with Gasteiger partial charge in [-0.15, -0.1) is 0 Å². The van der Waals surface area contributed by atoms with Crippen molar-refractivity contribution < 1.29 is 0 Å². The van der Waals surface area contributed by atoms with Crippen LogP contribution in [0.15, 0.2) is 22.7 Å². The molecule has 3 heteroatoms. The molecule has 0 aromatic heterocycles. The van der Waals surface area contributed by atoms with Gasteiger partial charge in [0.2, 0.25) is 0 Å². The van der Waals surface area contributed by atoms with Gasteiger partial charge in [-0.2, -0.15) is 0 Å². The van der Waals surface area contributed by atoms with E-state index < -0.39 is 0 Å². The lowest BCUT2D eigenvalue weighted by Gasteiger charge is -2.20. The second-order valence-corrected chi connectivity index (χ2v) is 7.40. The summed E-state index contributed by atoms with van der Waals surface area (Å²) in [5.74, 6) is 1.66. The maximum atomic E-state index is 6.35. The Kier molecular flexibility index (Phi) is 4.51. The SMILES string of the molecule is Clc1cc(Br)ccc1CC1CCCC1CNC1CC1. The zero-order valence-corrected chi connectivity index (χ0v) is 13.5. The average Bonchev–Trinajstić information content (AvgIpc) is 3.11. The van der Waals surface area contributed by atoms with Gasteiger partial charge in [-0.1, -0.05) is 40.0 Å². The van der Waals surface area contributed by atoms with Gasteiger partial charge in [-0.25, -0.2) is 0 Å². The number of nitrogens with one attached hydrogen (secondary N) is 1. The van der Waals surface area contributed by atoms with Gasteiger partial charge in [0.15, 0.2) is 0 Å². The first-order valence-electron chi connectivity index (χ1n) is 7.39. The summed E-state index contributed by atoms with van der Waals surface area (Å²) in [5, 5.41) is 4.61. The smallest absolute Gasteiger partial charge is 0.0449 e. The van der Waals surface area contributed by atoms with E-state index >= 15 is 0 Å². The Balaban J connectivity index is 1.60. The van der Waals surface area contributed by atoms with E-state index in [1.54, 1.807) is 0 Å². The normalized spacial score (nSPS) is 26.8. The van der Waals surface area contributed by atoms with E-state index in [0.717, 1.165) is 33.8 Å². The Labute approximate surface area is 129 Å². The van der Waals surface area contributed by atoms with E-state index in [9.17, 15) is 0 Å². The highest BCUT2D eigenvalue weighted by molar-refractivity contribution is 9.10. The van der Waals surface area contributed by atoms with Crippen LogP contribution in [-0.4, -0.2) is 12.6 Å². The molecular weight excluding hydrogens is 322 g/mol. The summed E-state index contributed by atoms with van der Waals surface area (Å²) in [6.07, 6.45) is 8.05. The number of rotatable bonds is 5. The third kappa shape index (κ3) is 3.74. The summed E-state index contributed by atoms with van der Waals surface area (Å²) in [6.45, 7) is 1.21. The lowest BCUT2D eigenvalue weighted by atomic mass is 9.89. The Bertz CT molecular complexity index is 444. The van der Waals surface area contributed by atoms with Gasteiger partial charge in [0.05, 0.1) is 0 Å². The number of hydrogen-bond acceptors (Lipinski definition) is 1. The zero-order chi connectivity index (χ0) is 13.2. The fourth-order valence-corrected chi connectivity index (χ4v) is 3.98. The average molecular weight is 343 g/mol. The molecule has 0 heterocycles. The maximum Gasteiger partial charge on any atom is 0.0449 e. The van der Waals surface area contributed by atoms with Crippen molar-refractivity contribution in [3.63, 3.8) is 0 Å². The van der Waals surface area contributed by atoms with Gasteiger partial charge in [0.25, 0.3) is 0 Å². The minimum Gasteiger partial charge on any atom is -0.314 e. The molecule has 1 aromatic rings. The molecule has 1 aromatic carbocycles. The number of benzene rings is 1. The maximum absolute atomic E-state index is 6.35. The Morgan fingerprint density at radius 3 is 2.68 bits per heavy atom. The summed E-state index contributed by atoms with van der Waals surface area (Å²) in [6, 6.07) is 7.13. The second-order valence-electron chi connectivity index (χ2n) is 6.07. The third-order valence-corrected chi connectivity index (χ3v) is 5.40. The van der Waals surface area contributed by atoms with Gasteiger partial charge in [0.1, 0.15) is 0 Å². The van der Waals surface area contributed by atoms with Gasteiger partial charge in [0, 0.05) is 15.5 Å². The van der Waals surface area contributed by atoms with Gasteiger partial charge < -0.3 is 5.32 Å². The molecule has 2 fully saturated rings. The number of halogens is 2. The molecule has 2 saturated carbocycles. The zero-order valence-electron chi connectivity index (χ0n) is 11.2. The van der Waals surface area contributed by atoms with Crippen molar-refractivity contribution >= 4 is 27.5 Å². The van der Waals surface area contributed by atoms with Crippen molar-refractivity contribution in [3.8, 4) is 0 Å². The lowest BCUT2D eigenvalue weighted by molar-refractivity contribution is 0.364. The molecule has 0 aliphatic heterocycles. The molecule has 0 bridgehead atoms. The Morgan fingerprint density at radius 1 is 1.16 bits per heavy atom. The molecule has 104 valence electrons. The highest BCUT2D eigenvalue weighted by atomic mass is 79.9. The molecule has 19 heavy (non-hydrogen) atoms. The Hall–Kier alpha value is -0.0500. The highest BCUT2D eigenvalue weighted by Gasteiger charge is 2.29. The molecule has 1 nitrogen and oxygen atoms in total. The molecule has 0 amide bonds. The van der Waals surface area contributed by atoms with Gasteiger partial charge in [-0.05, 0) is 68.2 Å². The molecule has 2 aliphatic carbocycles. The van der Waals surface area contributed by atoms with Crippen LogP contribution < -0.4 is 5.32 Å². The van der Waals surface area contributed by atoms with Gasteiger partial charge >= 0.3 is 0 Å². The summed E-state index contributed by atoms with van der Waals surface area (Å²) in [7, 11) is 0. The van der Waals surface area contributed by atoms with Crippen LogP contribution in [0.4, 0.5) is 0 Å². The second kappa shape index (κ2) is 6.15. The third-order valence-electron chi connectivity index (χ3n) is 4.56. The summed E-state index contributed by atoms with van der Waals surface area (Å²) >= 11 is 9.82. The molecule has 0 spiro atoms. The van der Waals surface area contributed by atoms with E-state index in [0.29, 0.717) is 0 Å². The topological polar surface area (TPSA) is 12.0 Å². The summed E-state index contributed by atoms with van der Waals surface area (Å²) in [4.78, 5) is 0. The van der Waals surface area contributed by atoms with E-state index in [-0.39, 0.29) is 0 Å². The van der Waals surface area contributed by atoms with Crippen molar-refractivity contribution in [2.24, 2.45) is 11.8 Å². The molecule has 0 radical (unpaired) electrons. The molecule has 2 atom stereocenters. The fourth-order valence-electron chi connectivity index (χ4n) is 3.23. The Morgan fingerprint density at radius 2 is 1.95 bits per heavy atom. The first-order chi connectivity index (χ1) is 9.22. The standard InChI is InChI=1S/C16H21BrClN/c17-14-5-4-12(16(18)9-14)8-11-2-1-3-13(11)10-19-15-6-7-15/h4-5,9,11,13,15,19H,1-3,6-8,10H2. The largest absolute Gasteiger partial charge is 0.314 e. The summed E-state index contributed by atoms with van der Waals surface area (Å²) < 4.78 is 1.07. The van der Waals surface area contributed by atoms with E-state index in [1.807, 2.05) is 6.07 Å². The van der Waals surface area contributed by atoms with Crippen LogP contribution >= 0.6 is 27.5 Å². The monoisotopic (exact) mass is 341 g/mol. The molecule has 0 saturated heterocycles. The van der Waals surface area contributed by atoms with E-state index in [2.05, 4.69) is 33.4 Å². The first kappa shape index (κ1) is 13.9. The molecule has 2 aliphatic rings. The fraction of sp³-hybridized carbons (Fsp3) is 0.625. The van der Waals surface area contributed by atoms with Crippen molar-refractivity contribution in [1.29, 1.82) is 0 Å². The van der Waals surface area contributed by atoms with Crippen LogP contribution in [0.25, 0.3) is 0 Å². The van der Waals surface area contributed by atoms with Crippen molar-refractivity contribution in [2.75, 3.05) is 6.54 Å². The molecular formula is C16H21BrClN. The molecule has 3 rings (SSSR count). The van der Waals surface area contributed by atoms with Crippen LogP contribution in [0.1, 0.15) is 37.7 Å². The van der Waals surface area contributed by atoms with Crippen molar-refractivity contribution in [1.82, 2.24) is 5.32 Å². The first-order valence-corrected chi connectivity index (χ1v) is 8.57. The predicted octanol–water partition coefficient (Wildman–Crippen LogP) is 4.81. The van der Waals surface area contributed by atoms with Crippen LogP contribution in [0.3, 0.4) is 0 Å². The predicted molar refractivity (Wildman–Crippen MR) is 84.7 cm³/mol. The minimum atomic E-state index is 0.810.